The summed E-state index contributed by atoms with van der Waals surface area (Å²) in [5.74, 6) is -0.677. The molecule has 3 heterocycles. The summed E-state index contributed by atoms with van der Waals surface area (Å²) in [6.45, 7) is 5.97. The SMILES string of the molecule is COCc1cc(C(=O)Nc2cc([C@H]3C[CH]CO3)nn2C(C)(C)C)n(C(F)(F)F)n1. The Morgan fingerprint density at radius 2 is 2.00 bits per heavy atom. The van der Waals surface area contributed by atoms with Gasteiger partial charge in [0.15, 0.2) is 0 Å². The zero-order valence-electron chi connectivity index (χ0n) is 16.6. The topological polar surface area (TPSA) is 83.2 Å². The molecule has 1 aliphatic heterocycles. The number of methoxy groups -OCH3 is 1. The lowest BCUT2D eigenvalue weighted by Crippen LogP contribution is -2.29. The highest BCUT2D eigenvalue weighted by Gasteiger charge is 2.37. The highest BCUT2D eigenvalue weighted by atomic mass is 19.4. The Morgan fingerprint density at radius 3 is 2.55 bits per heavy atom. The highest BCUT2D eigenvalue weighted by molar-refractivity contribution is 6.02. The second-order valence-electron chi connectivity index (χ2n) is 7.67. The number of rotatable bonds is 5. The van der Waals surface area contributed by atoms with Crippen LogP contribution in [0.3, 0.4) is 0 Å². The van der Waals surface area contributed by atoms with Crippen molar-refractivity contribution in [2.45, 2.75) is 51.7 Å². The number of alkyl halides is 3. The van der Waals surface area contributed by atoms with Gasteiger partial charge in [-0.3, -0.25) is 4.79 Å². The van der Waals surface area contributed by atoms with Crippen LogP contribution in [0.2, 0.25) is 0 Å². The van der Waals surface area contributed by atoms with Gasteiger partial charge >= 0.3 is 6.30 Å². The van der Waals surface area contributed by atoms with E-state index >= 15 is 0 Å². The Bertz CT molecular complexity index is 876. The molecule has 1 N–H and O–H groups in total. The molecule has 1 atom stereocenters. The molecule has 0 bridgehead atoms. The van der Waals surface area contributed by atoms with Crippen LogP contribution in [0.5, 0.6) is 0 Å². The van der Waals surface area contributed by atoms with Gasteiger partial charge in [0.05, 0.1) is 30.1 Å². The van der Waals surface area contributed by atoms with Crippen molar-refractivity contribution in [3.63, 3.8) is 0 Å². The first-order valence-electron chi connectivity index (χ1n) is 9.01. The number of halogens is 3. The third-order valence-corrected chi connectivity index (χ3v) is 4.26. The van der Waals surface area contributed by atoms with Crippen molar-refractivity contribution in [1.29, 1.82) is 0 Å². The van der Waals surface area contributed by atoms with E-state index in [1.807, 2.05) is 27.2 Å². The number of hydrogen-bond donors (Lipinski definition) is 1. The van der Waals surface area contributed by atoms with E-state index < -0.39 is 23.4 Å². The summed E-state index contributed by atoms with van der Waals surface area (Å²) >= 11 is 0. The zero-order chi connectivity index (χ0) is 21.4. The molecule has 1 amide bonds. The van der Waals surface area contributed by atoms with Crippen LogP contribution in [0.4, 0.5) is 19.0 Å². The average Bonchev–Trinajstić information content (AvgIpc) is 3.32. The lowest BCUT2D eigenvalue weighted by molar-refractivity contribution is -0.213. The number of amides is 1. The first kappa shape index (κ1) is 21.3. The number of hydrogen-bond acceptors (Lipinski definition) is 5. The number of aromatic nitrogens is 4. The minimum absolute atomic E-state index is 0.00474. The molecule has 0 aliphatic carbocycles. The summed E-state index contributed by atoms with van der Waals surface area (Å²) in [5.41, 5.74) is -0.559. The van der Waals surface area contributed by atoms with Crippen molar-refractivity contribution in [3.8, 4) is 0 Å². The number of carbonyl (C=O) groups excluding carboxylic acids is 1. The zero-order valence-corrected chi connectivity index (χ0v) is 16.6. The largest absolute Gasteiger partial charge is 0.505 e. The van der Waals surface area contributed by atoms with E-state index in [4.69, 9.17) is 9.47 Å². The minimum atomic E-state index is -4.85. The molecule has 0 unspecified atom stereocenters. The molecule has 3 rings (SSSR count). The van der Waals surface area contributed by atoms with Gasteiger partial charge in [-0.15, -0.1) is 13.2 Å². The van der Waals surface area contributed by atoms with Gasteiger partial charge in [-0.2, -0.15) is 14.9 Å². The fourth-order valence-corrected chi connectivity index (χ4v) is 3.02. The van der Waals surface area contributed by atoms with Crippen LogP contribution in [0.15, 0.2) is 12.1 Å². The summed E-state index contributed by atoms with van der Waals surface area (Å²) in [4.78, 5) is 12.7. The number of anilines is 1. The van der Waals surface area contributed by atoms with E-state index in [9.17, 15) is 18.0 Å². The fraction of sp³-hybridized carbons (Fsp3) is 0.556. The van der Waals surface area contributed by atoms with Gasteiger partial charge in [0.1, 0.15) is 17.6 Å². The van der Waals surface area contributed by atoms with E-state index in [0.717, 1.165) is 6.07 Å². The van der Waals surface area contributed by atoms with Crippen molar-refractivity contribution in [1.82, 2.24) is 19.6 Å². The van der Waals surface area contributed by atoms with E-state index in [2.05, 4.69) is 15.5 Å². The monoisotopic (exact) mass is 414 g/mol. The van der Waals surface area contributed by atoms with Crippen molar-refractivity contribution in [2.75, 3.05) is 19.0 Å². The first-order valence-corrected chi connectivity index (χ1v) is 9.01. The summed E-state index contributed by atoms with van der Waals surface area (Å²) in [5, 5.41) is 10.5. The van der Waals surface area contributed by atoms with Crippen LogP contribution in [-0.4, -0.2) is 39.2 Å². The lowest BCUT2D eigenvalue weighted by Gasteiger charge is -2.22. The Balaban J connectivity index is 1.94. The second-order valence-corrected chi connectivity index (χ2v) is 7.67. The summed E-state index contributed by atoms with van der Waals surface area (Å²) < 4.78 is 51.7. The fourth-order valence-electron chi connectivity index (χ4n) is 3.02. The van der Waals surface area contributed by atoms with Crippen molar-refractivity contribution < 1.29 is 27.4 Å². The van der Waals surface area contributed by atoms with E-state index in [0.29, 0.717) is 18.7 Å². The highest BCUT2D eigenvalue weighted by Crippen LogP contribution is 2.32. The van der Waals surface area contributed by atoms with Crippen molar-refractivity contribution in [3.05, 3.63) is 35.6 Å². The molecule has 1 aliphatic rings. The average molecular weight is 414 g/mol. The van der Waals surface area contributed by atoms with Gasteiger partial charge in [0.25, 0.3) is 5.91 Å². The third kappa shape index (κ3) is 4.61. The van der Waals surface area contributed by atoms with Crippen LogP contribution in [0.25, 0.3) is 0 Å². The molecular weight excluding hydrogens is 391 g/mol. The minimum Gasteiger partial charge on any atom is -0.378 e. The molecule has 2 aromatic heterocycles. The third-order valence-electron chi connectivity index (χ3n) is 4.26. The van der Waals surface area contributed by atoms with Gasteiger partial charge in [-0.25, -0.2) is 4.68 Å². The summed E-state index contributed by atoms with van der Waals surface area (Å²) in [6.07, 6.45) is -2.45. The molecule has 0 saturated carbocycles. The number of nitrogens with zero attached hydrogens (tertiary/aromatic N) is 4. The predicted octanol–water partition coefficient (Wildman–Crippen LogP) is 3.38. The predicted molar refractivity (Wildman–Crippen MR) is 97.0 cm³/mol. The van der Waals surface area contributed by atoms with E-state index in [1.165, 1.54) is 7.11 Å². The number of ether oxygens (including phenoxy) is 2. The Hall–Kier alpha value is -2.40. The molecule has 1 fully saturated rings. The summed E-state index contributed by atoms with van der Waals surface area (Å²) in [7, 11) is 1.33. The maximum Gasteiger partial charge on any atom is 0.505 e. The van der Waals surface area contributed by atoms with Gasteiger partial charge in [-0.05, 0) is 39.7 Å². The Morgan fingerprint density at radius 1 is 1.28 bits per heavy atom. The van der Waals surface area contributed by atoms with E-state index in [-0.39, 0.29) is 28.9 Å². The van der Waals surface area contributed by atoms with Crippen LogP contribution < -0.4 is 5.32 Å². The van der Waals surface area contributed by atoms with Gasteiger partial charge in [0.2, 0.25) is 0 Å². The lowest BCUT2D eigenvalue weighted by atomic mass is 10.1. The normalized spacial score (nSPS) is 17.7. The molecule has 1 radical (unpaired) electrons. The smallest absolute Gasteiger partial charge is 0.378 e. The maximum atomic E-state index is 13.3. The molecule has 0 aromatic carbocycles. The Kier molecular flexibility index (Phi) is 5.72. The van der Waals surface area contributed by atoms with E-state index in [1.54, 1.807) is 10.7 Å². The van der Waals surface area contributed by atoms with Crippen LogP contribution in [-0.2, 0) is 27.9 Å². The molecular formula is C18H23F3N5O3. The van der Waals surface area contributed by atoms with Crippen molar-refractivity contribution in [2.24, 2.45) is 0 Å². The maximum absolute atomic E-state index is 13.3. The quantitative estimate of drug-likeness (QED) is 0.811. The molecule has 11 heteroatoms. The van der Waals surface area contributed by atoms with Crippen LogP contribution >= 0.6 is 0 Å². The second kappa shape index (κ2) is 7.79. The first-order chi connectivity index (χ1) is 13.5. The molecule has 2 aromatic rings. The Labute approximate surface area is 166 Å². The molecule has 0 spiro atoms. The van der Waals surface area contributed by atoms with Gasteiger partial charge < -0.3 is 14.8 Å². The van der Waals surface area contributed by atoms with Gasteiger partial charge in [0, 0.05) is 13.2 Å². The number of nitrogens with one attached hydrogen (secondary N) is 1. The molecule has 1 saturated heterocycles. The van der Waals surface area contributed by atoms with Crippen LogP contribution in [0.1, 0.15) is 55.2 Å². The molecule has 8 nitrogen and oxygen atoms in total. The van der Waals surface area contributed by atoms with Crippen LogP contribution in [0, 0.1) is 6.42 Å². The molecule has 29 heavy (non-hydrogen) atoms. The van der Waals surface area contributed by atoms with Gasteiger partial charge in [-0.1, -0.05) is 0 Å². The number of carbonyl (C=O) groups is 1. The van der Waals surface area contributed by atoms with Crippen molar-refractivity contribution >= 4 is 11.7 Å². The molecule has 159 valence electrons. The standard InChI is InChI=1S/C18H23F3N5O3/c1-17(2,3)26-15(9-12(24-26)14-6-5-7-29-14)22-16(27)13-8-11(10-28-4)23-25(13)18(19,20)21/h5,8-9,14H,6-7,10H2,1-4H3,(H,22,27)/t14-/m1/s1. The summed E-state index contributed by atoms with van der Waals surface area (Å²) in [6, 6.07) is 2.68.